The Bertz CT molecular complexity index is 343. The summed E-state index contributed by atoms with van der Waals surface area (Å²) < 4.78 is 0. The van der Waals surface area contributed by atoms with Crippen LogP contribution in [0.5, 0.6) is 0 Å². The molecule has 0 aromatic carbocycles. The van der Waals surface area contributed by atoms with Crippen LogP contribution in [0.3, 0.4) is 0 Å². The molecule has 13 heavy (non-hydrogen) atoms. The second-order valence-electron chi connectivity index (χ2n) is 2.89. The summed E-state index contributed by atoms with van der Waals surface area (Å²) in [6.07, 6.45) is 3.89. The lowest BCUT2D eigenvalue weighted by atomic mass is 10.1. The van der Waals surface area contributed by atoms with Gasteiger partial charge in [-0.1, -0.05) is 6.08 Å². The molecule has 3 nitrogen and oxygen atoms in total. The molecule has 0 saturated heterocycles. The quantitative estimate of drug-likeness (QED) is 0.777. The zero-order valence-electron chi connectivity index (χ0n) is 6.93. The number of carbonyl (C=O) groups is 1. The lowest BCUT2D eigenvalue weighted by Gasteiger charge is -2.06. The molecule has 0 saturated carbocycles. The average Bonchev–Trinajstić information content (AvgIpc) is 2.72. The molecule has 0 bridgehead atoms. The van der Waals surface area contributed by atoms with Gasteiger partial charge in [-0.25, -0.2) is 4.98 Å². The number of aromatic nitrogens is 1. The molecule has 1 aliphatic rings. The van der Waals surface area contributed by atoms with Gasteiger partial charge >= 0.3 is 0 Å². The highest BCUT2D eigenvalue weighted by Crippen LogP contribution is 2.28. The van der Waals surface area contributed by atoms with E-state index in [4.69, 9.17) is 0 Å². The minimum atomic E-state index is -0.810. The smallest absolute Gasteiger partial charge is 0.161 e. The van der Waals surface area contributed by atoms with Gasteiger partial charge in [0.2, 0.25) is 0 Å². The van der Waals surface area contributed by atoms with Crippen LogP contribution < -0.4 is 0 Å². The molecule has 4 heteroatoms. The van der Waals surface area contributed by atoms with E-state index in [1.54, 1.807) is 17.7 Å². The maximum atomic E-state index is 11.3. The van der Waals surface area contributed by atoms with Crippen LogP contribution in [0, 0.1) is 0 Å². The van der Waals surface area contributed by atoms with Crippen molar-refractivity contribution in [3.8, 4) is 0 Å². The summed E-state index contributed by atoms with van der Waals surface area (Å²) in [6, 6.07) is 0. The van der Waals surface area contributed by atoms with Crippen LogP contribution in [-0.4, -0.2) is 15.9 Å². The number of ketones is 1. The Morgan fingerprint density at radius 3 is 3.00 bits per heavy atom. The maximum Gasteiger partial charge on any atom is 0.161 e. The first-order valence-electron chi connectivity index (χ1n) is 4.10. The summed E-state index contributed by atoms with van der Waals surface area (Å²) in [4.78, 5) is 15.2. The van der Waals surface area contributed by atoms with Crippen molar-refractivity contribution in [1.29, 1.82) is 0 Å². The highest BCUT2D eigenvalue weighted by Gasteiger charge is 2.24. The van der Waals surface area contributed by atoms with Crippen LogP contribution in [0.2, 0.25) is 0 Å². The molecular weight excluding hydrogens is 186 g/mol. The van der Waals surface area contributed by atoms with Gasteiger partial charge < -0.3 is 5.11 Å². The Morgan fingerprint density at radius 2 is 2.46 bits per heavy atom. The summed E-state index contributed by atoms with van der Waals surface area (Å²) in [7, 11) is 0. The molecular formula is C9H9NO2S. The molecule has 0 aliphatic heterocycles. The molecule has 68 valence electrons. The number of aliphatic hydroxyl groups excluding tert-OH is 1. The Morgan fingerprint density at radius 1 is 1.62 bits per heavy atom. The number of nitrogens with zero attached hydrogens (tertiary/aromatic N) is 1. The van der Waals surface area contributed by atoms with E-state index in [9.17, 15) is 9.90 Å². The lowest BCUT2D eigenvalue weighted by molar-refractivity contribution is -0.115. The minimum absolute atomic E-state index is 0.0442. The Kier molecular flexibility index (Phi) is 2.24. The van der Waals surface area contributed by atoms with E-state index in [0.717, 1.165) is 6.42 Å². The summed E-state index contributed by atoms with van der Waals surface area (Å²) in [5.41, 5.74) is 0.509. The van der Waals surface area contributed by atoms with E-state index < -0.39 is 6.10 Å². The van der Waals surface area contributed by atoms with Gasteiger partial charge in [0.25, 0.3) is 0 Å². The highest BCUT2D eigenvalue weighted by molar-refractivity contribution is 7.09. The van der Waals surface area contributed by atoms with Crippen molar-refractivity contribution in [1.82, 2.24) is 4.98 Å². The van der Waals surface area contributed by atoms with E-state index in [2.05, 4.69) is 4.98 Å². The Hall–Kier alpha value is -1.00. The molecule has 1 atom stereocenters. The van der Waals surface area contributed by atoms with Gasteiger partial charge in [-0.3, -0.25) is 4.79 Å². The molecule has 1 aliphatic carbocycles. The van der Waals surface area contributed by atoms with E-state index >= 15 is 0 Å². The number of carbonyl (C=O) groups excluding carboxylic acids is 1. The first-order valence-corrected chi connectivity index (χ1v) is 4.97. The third-order valence-electron chi connectivity index (χ3n) is 2.04. The fraction of sp³-hybridized carbons (Fsp3) is 0.333. The predicted molar refractivity (Wildman–Crippen MR) is 49.4 cm³/mol. The van der Waals surface area contributed by atoms with Crippen molar-refractivity contribution in [2.75, 3.05) is 0 Å². The van der Waals surface area contributed by atoms with E-state index in [-0.39, 0.29) is 5.78 Å². The number of rotatable bonds is 2. The Balaban J connectivity index is 2.22. The molecule has 0 fully saturated rings. The van der Waals surface area contributed by atoms with Gasteiger partial charge in [0.05, 0.1) is 0 Å². The molecule has 1 unspecified atom stereocenters. The number of hydrogen-bond acceptors (Lipinski definition) is 4. The first-order chi connectivity index (χ1) is 6.29. The fourth-order valence-electron chi connectivity index (χ4n) is 1.38. The summed E-state index contributed by atoms with van der Waals surface area (Å²) in [5, 5.41) is 12.1. The third-order valence-corrected chi connectivity index (χ3v) is 2.87. The third kappa shape index (κ3) is 1.55. The summed E-state index contributed by atoms with van der Waals surface area (Å²) in [6.45, 7) is 0. The van der Waals surface area contributed by atoms with Gasteiger partial charge in [-0.15, -0.1) is 11.3 Å². The van der Waals surface area contributed by atoms with Crippen LogP contribution in [0.15, 0.2) is 23.2 Å². The molecule has 1 aromatic rings. The van der Waals surface area contributed by atoms with Crippen molar-refractivity contribution in [2.45, 2.75) is 18.9 Å². The SMILES string of the molecule is O=C1CCC=C1C(O)c1nccs1. The molecule has 0 amide bonds. The molecule has 1 heterocycles. The van der Waals surface area contributed by atoms with Gasteiger partial charge in [0.15, 0.2) is 5.78 Å². The van der Waals surface area contributed by atoms with Gasteiger partial charge in [0.1, 0.15) is 11.1 Å². The second kappa shape index (κ2) is 3.40. The first kappa shape index (κ1) is 8.59. The van der Waals surface area contributed by atoms with Crippen LogP contribution in [0.1, 0.15) is 24.0 Å². The van der Waals surface area contributed by atoms with E-state index in [1.165, 1.54) is 11.3 Å². The molecule has 1 aromatic heterocycles. The lowest BCUT2D eigenvalue weighted by Crippen LogP contribution is -2.06. The van der Waals surface area contributed by atoms with Gasteiger partial charge in [0, 0.05) is 23.6 Å². The van der Waals surface area contributed by atoms with Crippen LogP contribution >= 0.6 is 11.3 Å². The number of Topliss-reactive ketones (excluding diaryl/α,β-unsaturated/α-hetero) is 1. The second-order valence-corrected chi connectivity index (χ2v) is 3.82. The summed E-state index contributed by atoms with van der Waals surface area (Å²) >= 11 is 1.37. The number of aliphatic hydroxyl groups is 1. The molecule has 2 rings (SSSR count). The zero-order chi connectivity index (χ0) is 9.26. The highest BCUT2D eigenvalue weighted by atomic mass is 32.1. The standard InChI is InChI=1S/C9H9NO2S/c11-7-3-1-2-6(7)8(12)9-10-4-5-13-9/h2,4-5,8,12H,1,3H2. The maximum absolute atomic E-state index is 11.3. The van der Waals surface area contributed by atoms with Crippen molar-refractivity contribution >= 4 is 17.1 Å². The number of thiazole rings is 1. The monoisotopic (exact) mass is 195 g/mol. The fourth-order valence-corrected chi connectivity index (χ4v) is 2.02. The Labute approximate surface area is 79.7 Å². The molecule has 0 spiro atoms. The molecule has 1 N–H and O–H groups in total. The zero-order valence-corrected chi connectivity index (χ0v) is 7.75. The van der Waals surface area contributed by atoms with Gasteiger partial charge in [-0.05, 0) is 6.42 Å². The van der Waals surface area contributed by atoms with Crippen molar-refractivity contribution in [3.05, 3.63) is 28.2 Å². The van der Waals surface area contributed by atoms with E-state index in [0.29, 0.717) is 17.0 Å². The van der Waals surface area contributed by atoms with Crippen LogP contribution in [0.25, 0.3) is 0 Å². The largest absolute Gasteiger partial charge is 0.381 e. The molecule has 0 radical (unpaired) electrons. The van der Waals surface area contributed by atoms with Crippen molar-refractivity contribution < 1.29 is 9.90 Å². The van der Waals surface area contributed by atoms with Crippen molar-refractivity contribution in [2.24, 2.45) is 0 Å². The normalized spacial score (nSPS) is 18.8. The topological polar surface area (TPSA) is 50.2 Å². The van der Waals surface area contributed by atoms with Crippen LogP contribution in [0.4, 0.5) is 0 Å². The van der Waals surface area contributed by atoms with Gasteiger partial charge in [-0.2, -0.15) is 0 Å². The minimum Gasteiger partial charge on any atom is -0.381 e. The van der Waals surface area contributed by atoms with Crippen molar-refractivity contribution in [3.63, 3.8) is 0 Å². The average molecular weight is 195 g/mol. The van der Waals surface area contributed by atoms with Crippen LogP contribution in [-0.2, 0) is 4.79 Å². The van der Waals surface area contributed by atoms with E-state index in [1.807, 2.05) is 0 Å². The number of allylic oxidation sites excluding steroid dienone is 1. The summed E-state index contributed by atoms with van der Waals surface area (Å²) in [5.74, 6) is 0.0442. The number of hydrogen-bond donors (Lipinski definition) is 1. The predicted octanol–water partition coefficient (Wildman–Crippen LogP) is 1.47.